The summed E-state index contributed by atoms with van der Waals surface area (Å²) >= 11 is 0. The summed E-state index contributed by atoms with van der Waals surface area (Å²) in [6.45, 7) is 0. The molecule has 0 radical (unpaired) electrons. The molecule has 0 aliphatic rings. The first-order chi connectivity index (χ1) is 25.3. The fourth-order valence-corrected chi connectivity index (χ4v) is 7.68. The minimum Gasteiger partial charge on any atom is -0.456 e. The molecule has 51 heavy (non-hydrogen) atoms. The normalized spacial score (nSPS) is 11.5. The summed E-state index contributed by atoms with van der Waals surface area (Å²) < 4.78 is 8.90. The van der Waals surface area contributed by atoms with Gasteiger partial charge in [-0.3, -0.25) is 0 Å². The van der Waals surface area contributed by atoms with Gasteiger partial charge in [0, 0.05) is 50.2 Å². The van der Waals surface area contributed by atoms with Crippen molar-refractivity contribution in [3.8, 4) is 27.9 Å². The monoisotopic (exact) mass is 652 g/mol. The maximum absolute atomic E-state index is 6.43. The number of hydrogen-bond acceptors (Lipinski definition) is 2. The number of para-hydroxylation sites is 4. The van der Waals surface area contributed by atoms with E-state index in [1.807, 2.05) is 12.1 Å². The second kappa shape index (κ2) is 11.9. The third-order valence-corrected chi connectivity index (χ3v) is 9.94. The van der Waals surface area contributed by atoms with Crippen LogP contribution in [-0.4, -0.2) is 4.57 Å². The van der Waals surface area contributed by atoms with Crippen molar-refractivity contribution in [2.24, 2.45) is 0 Å². The van der Waals surface area contributed by atoms with E-state index in [4.69, 9.17) is 4.42 Å². The van der Waals surface area contributed by atoms with E-state index in [-0.39, 0.29) is 0 Å². The second-order valence-electron chi connectivity index (χ2n) is 12.9. The summed E-state index contributed by atoms with van der Waals surface area (Å²) in [6, 6.07) is 69.2. The minimum absolute atomic E-state index is 0.865. The highest BCUT2D eigenvalue weighted by atomic mass is 16.3. The van der Waals surface area contributed by atoms with Gasteiger partial charge in [0.25, 0.3) is 0 Å². The predicted octanol–water partition coefficient (Wildman–Crippen LogP) is 13.5. The highest BCUT2D eigenvalue weighted by molar-refractivity contribution is 6.19. The molecule has 0 unspecified atom stereocenters. The van der Waals surface area contributed by atoms with E-state index >= 15 is 0 Å². The van der Waals surface area contributed by atoms with Gasteiger partial charge in [-0.05, 0) is 77.4 Å². The fourth-order valence-electron chi connectivity index (χ4n) is 7.68. The van der Waals surface area contributed by atoms with E-state index in [0.717, 1.165) is 50.2 Å². The van der Waals surface area contributed by atoms with Crippen LogP contribution in [0.1, 0.15) is 0 Å². The largest absolute Gasteiger partial charge is 0.456 e. The van der Waals surface area contributed by atoms with Crippen LogP contribution >= 0.6 is 0 Å². The van der Waals surface area contributed by atoms with Crippen LogP contribution in [0.2, 0.25) is 0 Å². The molecule has 0 aliphatic heterocycles. The van der Waals surface area contributed by atoms with E-state index in [2.05, 4.69) is 191 Å². The highest BCUT2D eigenvalue weighted by Crippen LogP contribution is 2.47. The van der Waals surface area contributed by atoms with Crippen LogP contribution in [0, 0.1) is 0 Å². The van der Waals surface area contributed by atoms with Crippen LogP contribution in [0.3, 0.4) is 0 Å². The van der Waals surface area contributed by atoms with E-state index < -0.39 is 0 Å². The maximum atomic E-state index is 6.43. The van der Waals surface area contributed by atoms with Crippen molar-refractivity contribution in [3.63, 3.8) is 0 Å². The number of anilines is 3. The molecule has 0 aliphatic carbocycles. The van der Waals surface area contributed by atoms with Gasteiger partial charge in [0.05, 0.1) is 16.7 Å². The van der Waals surface area contributed by atoms with Gasteiger partial charge in [-0.15, -0.1) is 0 Å². The Bertz CT molecular complexity index is 2840. The van der Waals surface area contributed by atoms with Crippen LogP contribution in [0.5, 0.6) is 0 Å². The van der Waals surface area contributed by atoms with Gasteiger partial charge in [0.15, 0.2) is 0 Å². The molecule has 240 valence electrons. The summed E-state index contributed by atoms with van der Waals surface area (Å²) in [5, 5.41) is 4.63. The quantitative estimate of drug-likeness (QED) is 0.178. The van der Waals surface area contributed by atoms with E-state index in [9.17, 15) is 0 Å². The first-order valence-electron chi connectivity index (χ1n) is 17.4. The summed E-state index contributed by atoms with van der Waals surface area (Å²) in [5.74, 6) is 0. The van der Waals surface area contributed by atoms with E-state index in [0.29, 0.717) is 0 Å². The van der Waals surface area contributed by atoms with Crippen molar-refractivity contribution in [3.05, 3.63) is 194 Å². The van der Waals surface area contributed by atoms with Crippen molar-refractivity contribution in [2.45, 2.75) is 0 Å². The molecule has 0 saturated carbocycles. The Morgan fingerprint density at radius 1 is 0.373 bits per heavy atom. The average molecular weight is 653 g/mol. The summed E-state index contributed by atoms with van der Waals surface area (Å²) in [6.07, 6.45) is 0. The molecule has 0 fully saturated rings. The van der Waals surface area contributed by atoms with E-state index in [1.165, 1.54) is 38.5 Å². The molecule has 0 saturated heterocycles. The molecule has 8 aromatic carbocycles. The Hall–Kier alpha value is -6.84. The topological polar surface area (TPSA) is 21.3 Å². The third kappa shape index (κ3) is 4.82. The van der Waals surface area contributed by atoms with Gasteiger partial charge >= 0.3 is 0 Å². The first-order valence-corrected chi connectivity index (χ1v) is 17.4. The Morgan fingerprint density at radius 3 is 1.76 bits per heavy atom. The van der Waals surface area contributed by atoms with Crippen molar-refractivity contribution in [1.29, 1.82) is 0 Å². The zero-order valence-electron chi connectivity index (χ0n) is 27.8. The molecule has 0 bridgehead atoms. The minimum atomic E-state index is 0.865. The van der Waals surface area contributed by atoms with E-state index in [1.54, 1.807) is 0 Å². The molecule has 2 aromatic heterocycles. The smallest absolute Gasteiger partial charge is 0.137 e. The van der Waals surface area contributed by atoms with Gasteiger partial charge in [0.2, 0.25) is 0 Å². The zero-order valence-corrected chi connectivity index (χ0v) is 27.8. The maximum Gasteiger partial charge on any atom is 0.137 e. The average Bonchev–Trinajstić information content (AvgIpc) is 3.75. The van der Waals surface area contributed by atoms with Gasteiger partial charge in [0.1, 0.15) is 11.2 Å². The highest BCUT2D eigenvalue weighted by Gasteiger charge is 2.24. The molecule has 10 aromatic rings. The van der Waals surface area contributed by atoms with Gasteiger partial charge in [-0.25, -0.2) is 0 Å². The van der Waals surface area contributed by atoms with Crippen molar-refractivity contribution in [1.82, 2.24) is 4.57 Å². The molecule has 3 heteroatoms. The van der Waals surface area contributed by atoms with Crippen molar-refractivity contribution in [2.75, 3.05) is 4.90 Å². The van der Waals surface area contributed by atoms with Crippen LogP contribution < -0.4 is 4.90 Å². The fraction of sp³-hybridized carbons (Fsp3) is 0. The number of hydrogen-bond donors (Lipinski definition) is 0. The van der Waals surface area contributed by atoms with Crippen LogP contribution in [0.25, 0.3) is 71.7 Å². The van der Waals surface area contributed by atoms with Crippen LogP contribution in [0.4, 0.5) is 17.1 Å². The number of aromatic nitrogens is 1. The SMILES string of the molecule is c1ccc(-c2cc(-c3ccccc3)c3c(c2)c2cccc(N(c4ccccc4)c4ccc5c(c4)oc4ccccc45)c2n3-c2ccccc2)cc1. The number of nitrogens with zero attached hydrogens (tertiary/aromatic N) is 2. The summed E-state index contributed by atoms with van der Waals surface area (Å²) in [4.78, 5) is 2.37. The molecule has 0 spiro atoms. The predicted molar refractivity (Wildman–Crippen MR) is 214 cm³/mol. The second-order valence-corrected chi connectivity index (χ2v) is 12.9. The molecular formula is C48H32N2O. The molecular weight excluding hydrogens is 621 g/mol. The van der Waals surface area contributed by atoms with Gasteiger partial charge < -0.3 is 13.9 Å². The van der Waals surface area contributed by atoms with Crippen molar-refractivity contribution >= 4 is 60.8 Å². The third-order valence-electron chi connectivity index (χ3n) is 9.94. The van der Waals surface area contributed by atoms with Crippen LogP contribution in [-0.2, 0) is 0 Å². The number of benzene rings is 8. The summed E-state index contributed by atoms with van der Waals surface area (Å²) in [7, 11) is 0. The lowest BCUT2D eigenvalue weighted by Crippen LogP contribution is -2.11. The lowest BCUT2D eigenvalue weighted by Gasteiger charge is -2.27. The molecule has 10 rings (SSSR count). The Kier molecular flexibility index (Phi) is 6.81. The molecule has 0 N–H and O–H groups in total. The molecule has 3 nitrogen and oxygen atoms in total. The number of fused-ring (bicyclic) bond motifs is 6. The Morgan fingerprint density at radius 2 is 1.00 bits per heavy atom. The van der Waals surface area contributed by atoms with Crippen molar-refractivity contribution < 1.29 is 4.42 Å². The molecule has 0 atom stereocenters. The lowest BCUT2D eigenvalue weighted by atomic mass is 9.95. The molecule has 2 heterocycles. The van der Waals surface area contributed by atoms with Crippen LogP contribution in [0.15, 0.2) is 199 Å². The number of rotatable bonds is 6. The Labute approximate surface area is 295 Å². The number of furan rings is 1. The lowest BCUT2D eigenvalue weighted by molar-refractivity contribution is 0.669. The first kappa shape index (κ1) is 29.1. The zero-order chi connectivity index (χ0) is 33.7. The standard InChI is InChI=1S/C48H32N2O/c1-5-16-33(17-6-1)35-30-42(34-18-7-2-8-19-34)47-43(31-35)41-25-15-26-44(48(41)50(47)37-22-11-4-12-23-37)49(36-20-9-3-10-21-36)38-28-29-40-39-24-13-14-27-45(39)51-46(40)32-38/h1-32H. The summed E-state index contributed by atoms with van der Waals surface area (Å²) in [5.41, 5.74) is 13.1. The van der Waals surface area contributed by atoms with Gasteiger partial charge in [-0.2, -0.15) is 0 Å². The van der Waals surface area contributed by atoms with Gasteiger partial charge in [-0.1, -0.05) is 127 Å². The Balaban J connectivity index is 1.34. The molecule has 0 amide bonds.